The molecular formula is C18H21N5O2. The van der Waals surface area contributed by atoms with Gasteiger partial charge in [-0.3, -0.25) is 4.79 Å². The fraction of sp³-hybridized carbons (Fsp3) is 0.444. The van der Waals surface area contributed by atoms with Gasteiger partial charge >= 0.3 is 0 Å². The van der Waals surface area contributed by atoms with E-state index >= 15 is 0 Å². The molecule has 0 saturated carbocycles. The number of nitrogens with zero attached hydrogens (tertiary/aromatic N) is 5. The van der Waals surface area contributed by atoms with Gasteiger partial charge in [-0.05, 0) is 32.4 Å². The highest BCUT2D eigenvalue weighted by molar-refractivity contribution is 5.76. The molecule has 0 atom stereocenters. The third-order valence-corrected chi connectivity index (χ3v) is 4.60. The van der Waals surface area contributed by atoms with Crippen molar-refractivity contribution < 1.29 is 9.32 Å². The lowest BCUT2D eigenvalue weighted by Crippen LogP contribution is -2.49. The largest absolute Gasteiger partial charge is 0.361 e. The molecule has 2 aromatic rings. The Hall–Kier alpha value is -2.88. The van der Waals surface area contributed by atoms with Crippen molar-refractivity contribution in [3.8, 4) is 6.07 Å². The summed E-state index contributed by atoms with van der Waals surface area (Å²) in [5.41, 5.74) is 2.45. The Kier molecular flexibility index (Phi) is 4.98. The van der Waals surface area contributed by atoms with Crippen LogP contribution in [0.3, 0.4) is 0 Å². The van der Waals surface area contributed by atoms with Gasteiger partial charge in [-0.2, -0.15) is 5.26 Å². The minimum absolute atomic E-state index is 0.160. The Morgan fingerprint density at radius 3 is 2.60 bits per heavy atom. The van der Waals surface area contributed by atoms with E-state index in [0.717, 1.165) is 35.9 Å². The molecule has 7 heteroatoms. The molecular weight excluding hydrogens is 318 g/mol. The second-order valence-corrected chi connectivity index (χ2v) is 6.19. The van der Waals surface area contributed by atoms with Crippen LogP contribution in [-0.2, 0) is 11.2 Å². The molecule has 0 radical (unpaired) electrons. The highest BCUT2D eigenvalue weighted by atomic mass is 16.5. The van der Waals surface area contributed by atoms with Gasteiger partial charge in [0, 0.05) is 44.4 Å². The Labute approximate surface area is 146 Å². The fourth-order valence-corrected chi connectivity index (χ4v) is 3.07. The van der Waals surface area contributed by atoms with Crippen LogP contribution in [0.5, 0.6) is 0 Å². The molecule has 25 heavy (non-hydrogen) atoms. The lowest BCUT2D eigenvalue weighted by molar-refractivity contribution is -0.131. The minimum atomic E-state index is 0.160. The van der Waals surface area contributed by atoms with Crippen LogP contribution in [-0.4, -0.2) is 47.1 Å². The van der Waals surface area contributed by atoms with E-state index in [1.54, 1.807) is 12.3 Å². The van der Waals surface area contributed by atoms with Crippen LogP contribution in [0.15, 0.2) is 22.9 Å². The maximum atomic E-state index is 12.4. The van der Waals surface area contributed by atoms with Gasteiger partial charge in [-0.25, -0.2) is 4.98 Å². The van der Waals surface area contributed by atoms with Gasteiger partial charge in [0.25, 0.3) is 0 Å². The molecule has 130 valence electrons. The molecule has 0 aliphatic carbocycles. The SMILES string of the molecule is Cc1noc(C)c1CCC(=O)N1CCN(c2ccc(C#N)cn2)CC1. The first-order valence-corrected chi connectivity index (χ1v) is 8.39. The van der Waals surface area contributed by atoms with Gasteiger partial charge < -0.3 is 14.3 Å². The molecule has 3 heterocycles. The first-order valence-electron chi connectivity index (χ1n) is 8.39. The maximum Gasteiger partial charge on any atom is 0.223 e. The van der Waals surface area contributed by atoms with Gasteiger partial charge in [0.15, 0.2) is 0 Å². The van der Waals surface area contributed by atoms with Crippen LogP contribution in [0.2, 0.25) is 0 Å². The lowest BCUT2D eigenvalue weighted by atomic mass is 10.1. The first-order chi connectivity index (χ1) is 12.1. The highest BCUT2D eigenvalue weighted by Gasteiger charge is 2.22. The minimum Gasteiger partial charge on any atom is -0.361 e. The number of hydrogen-bond acceptors (Lipinski definition) is 6. The van der Waals surface area contributed by atoms with E-state index < -0.39 is 0 Å². The number of aromatic nitrogens is 2. The number of carbonyl (C=O) groups excluding carboxylic acids is 1. The van der Waals surface area contributed by atoms with Crippen molar-refractivity contribution in [3.05, 3.63) is 40.9 Å². The van der Waals surface area contributed by atoms with Gasteiger partial charge in [0.2, 0.25) is 5.91 Å². The van der Waals surface area contributed by atoms with Crippen molar-refractivity contribution in [1.82, 2.24) is 15.0 Å². The molecule has 0 unspecified atom stereocenters. The van der Waals surface area contributed by atoms with Gasteiger partial charge in [-0.15, -0.1) is 0 Å². The molecule has 1 aliphatic rings. The summed E-state index contributed by atoms with van der Waals surface area (Å²) in [6.45, 7) is 6.64. The van der Waals surface area contributed by atoms with Crippen molar-refractivity contribution in [2.24, 2.45) is 0 Å². The third-order valence-electron chi connectivity index (χ3n) is 4.60. The monoisotopic (exact) mass is 339 g/mol. The van der Waals surface area contributed by atoms with Gasteiger partial charge in [0.05, 0.1) is 11.3 Å². The van der Waals surface area contributed by atoms with E-state index in [0.29, 0.717) is 31.5 Å². The Morgan fingerprint density at radius 2 is 2.04 bits per heavy atom. The molecule has 0 N–H and O–H groups in total. The van der Waals surface area contributed by atoms with E-state index in [-0.39, 0.29) is 5.91 Å². The van der Waals surface area contributed by atoms with Crippen LogP contribution in [0.25, 0.3) is 0 Å². The Morgan fingerprint density at radius 1 is 1.28 bits per heavy atom. The standard InChI is InChI=1S/C18H21N5O2/c1-13-16(14(2)25-21-13)4-6-18(24)23-9-7-22(8-10-23)17-5-3-15(11-19)12-20-17/h3,5,12H,4,6-10H2,1-2H3. The molecule has 2 aromatic heterocycles. The second-order valence-electron chi connectivity index (χ2n) is 6.19. The average molecular weight is 339 g/mol. The van der Waals surface area contributed by atoms with Crippen LogP contribution in [0, 0.1) is 25.2 Å². The number of nitriles is 1. The van der Waals surface area contributed by atoms with Gasteiger partial charge in [-0.1, -0.05) is 5.16 Å². The summed E-state index contributed by atoms with van der Waals surface area (Å²) in [7, 11) is 0. The summed E-state index contributed by atoms with van der Waals surface area (Å²) >= 11 is 0. The quantitative estimate of drug-likeness (QED) is 0.845. The van der Waals surface area contributed by atoms with Crippen LogP contribution < -0.4 is 4.90 Å². The van der Waals surface area contributed by atoms with Crippen molar-refractivity contribution in [1.29, 1.82) is 5.26 Å². The van der Waals surface area contributed by atoms with E-state index in [1.807, 2.05) is 24.8 Å². The van der Waals surface area contributed by atoms with Crippen molar-refractivity contribution in [2.45, 2.75) is 26.7 Å². The fourth-order valence-electron chi connectivity index (χ4n) is 3.07. The topological polar surface area (TPSA) is 86.3 Å². The second kappa shape index (κ2) is 7.34. The van der Waals surface area contributed by atoms with E-state index in [1.165, 1.54) is 0 Å². The zero-order valence-corrected chi connectivity index (χ0v) is 14.5. The molecule has 0 spiro atoms. The summed E-state index contributed by atoms with van der Waals surface area (Å²) in [4.78, 5) is 20.8. The number of hydrogen-bond donors (Lipinski definition) is 0. The number of piperazine rings is 1. The summed E-state index contributed by atoms with van der Waals surface area (Å²) < 4.78 is 5.14. The predicted molar refractivity (Wildman–Crippen MR) is 92.0 cm³/mol. The number of carbonyl (C=O) groups is 1. The maximum absolute atomic E-state index is 12.4. The van der Waals surface area contributed by atoms with E-state index in [9.17, 15) is 4.79 Å². The molecule has 1 aliphatic heterocycles. The van der Waals surface area contributed by atoms with Crippen molar-refractivity contribution in [3.63, 3.8) is 0 Å². The van der Waals surface area contributed by atoms with Crippen molar-refractivity contribution >= 4 is 11.7 Å². The van der Waals surface area contributed by atoms with E-state index in [2.05, 4.69) is 21.1 Å². The van der Waals surface area contributed by atoms with Gasteiger partial charge in [0.1, 0.15) is 17.6 Å². The number of anilines is 1. The van der Waals surface area contributed by atoms with Crippen LogP contribution >= 0.6 is 0 Å². The zero-order valence-electron chi connectivity index (χ0n) is 14.5. The Bertz CT molecular complexity index is 763. The smallest absolute Gasteiger partial charge is 0.223 e. The summed E-state index contributed by atoms with van der Waals surface area (Å²) in [5, 5.41) is 12.8. The number of pyridine rings is 1. The number of amides is 1. The Balaban J connectivity index is 1.51. The van der Waals surface area contributed by atoms with Crippen LogP contribution in [0.1, 0.15) is 29.0 Å². The third kappa shape index (κ3) is 3.79. The summed E-state index contributed by atoms with van der Waals surface area (Å²) in [6, 6.07) is 5.69. The number of rotatable bonds is 4. The molecule has 1 fully saturated rings. The molecule has 1 amide bonds. The first kappa shape index (κ1) is 17.0. The van der Waals surface area contributed by atoms with Crippen molar-refractivity contribution in [2.75, 3.05) is 31.1 Å². The average Bonchev–Trinajstić information content (AvgIpc) is 2.98. The number of aryl methyl sites for hydroxylation is 2. The molecule has 3 rings (SSSR count). The molecule has 1 saturated heterocycles. The molecule has 0 aromatic carbocycles. The molecule has 0 bridgehead atoms. The normalized spacial score (nSPS) is 14.4. The highest BCUT2D eigenvalue weighted by Crippen LogP contribution is 2.17. The summed E-state index contributed by atoms with van der Waals surface area (Å²) in [5.74, 6) is 1.80. The zero-order chi connectivity index (χ0) is 17.8. The molecule has 7 nitrogen and oxygen atoms in total. The predicted octanol–water partition coefficient (Wildman–Crippen LogP) is 1.84. The summed E-state index contributed by atoms with van der Waals surface area (Å²) in [6.07, 6.45) is 2.71. The lowest BCUT2D eigenvalue weighted by Gasteiger charge is -2.35. The van der Waals surface area contributed by atoms with E-state index in [4.69, 9.17) is 9.78 Å². The van der Waals surface area contributed by atoms with Crippen LogP contribution in [0.4, 0.5) is 5.82 Å².